The molecular weight excluding hydrogens is 408 g/mol. The molecule has 0 atom stereocenters. The minimum absolute atomic E-state index is 0.0827. The number of para-hydroxylation sites is 1. The topological polar surface area (TPSA) is 41.6 Å². The maximum atomic E-state index is 12.1. The van der Waals surface area contributed by atoms with Gasteiger partial charge in [-0.15, -0.1) is 0 Å². The molecule has 4 heteroatoms. The van der Waals surface area contributed by atoms with E-state index >= 15 is 0 Å². The highest BCUT2D eigenvalue weighted by atomic mass is 16.5. The molecule has 0 spiro atoms. The van der Waals surface area contributed by atoms with Gasteiger partial charge in [0.2, 0.25) is 5.91 Å². The fraction of sp³-hybridized carbons (Fsp3) is 0.552. The SMILES string of the molecule is CCCCCCc1ccc(OC)cc1.CCCN(CCC)CC(=O)Nc1c(C)cccc1C. The van der Waals surface area contributed by atoms with Gasteiger partial charge in [0.15, 0.2) is 0 Å². The Morgan fingerprint density at radius 2 is 1.45 bits per heavy atom. The first kappa shape index (κ1) is 28.7. The summed E-state index contributed by atoms with van der Waals surface area (Å²) in [6, 6.07) is 14.5. The maximum absolute atomic E-state index is 12.1. The zero-order valence-electron chi connectivity index (χ0n) is 21.9. The van der Waals surface area contributed by atoms with Crippen LogP contribution in [0.3, 0.4) is 0 Å². The number of rotatable bonds is 13. The summed E-state index contributed by atoms with van der Waals surface area (Å²) in [6.07, 6.45) is 8.68. The number of hydrogen-bond acceptors (Lipinski definition) is 3. The molecular formula is C29H46N2O2. The van der Waals surface area contributed by atoms with Crippen LogP contribution in [0.4, 0.5) is 5.69 Å². The second-order valence-electron chi connectivity index (χ2n) is 8.75. The van der Waals surface area contributed by atoms with Crippen molar-refractivity contribution in [3.63, 3.8) is 0 Å². The highest BCUT2D eigenvalue weighted by molar-refractivity contribution is 5.93. The first-order valence-electron chi connectivity index (χ1n) is 12.7. The van der Waals surface area contributed by atoms with Gasteiger partial charge in [0.25, 0.3) is 0 Å². The monoisotopic (exact) mass is 454 g/mol. The zero-order chi connectivity index (χ0) is 24.5. The lowest BCUT2D eigenvalue weighted by atomic mass is 10.1. The number of ether oxygens (including phenoxy) is 1. The Hall–Kier alpha value is -2.33. The predicted octanol–water partition coefficient (Wildman–Crippen LogP) is 7.18. The molecule has 0 aliphatic heterocycles. The van der Waals surface area contributed by atoms with Gasteiger partial charge < -0.3 is 10.1 Å². The van der Waals surface area contributed by atoms with Crippen molar-refractivity contribution in [1.29, 1.82) is 0 Å². The lowest BCUT2D eigenvalue weighted by Crippen LogP contribution is -2.34. The summed E-state index contributed by atoms with van der Waals surface area (Å²) in [6.45, 7) is 13.0. The molecule has 0 aliphatic rings. The summed E-state index contributed by atoms with van der Waals surface area (Å²) < 4.78 is 5.11. The maximum Gasteiger partial charge on any atom is 0.238 e. The number of carbonyl (C=O) groups excluding carboxylic acids is 1. The second kappa shape index (κ2) is 17.2. The van der Waals surface area contributed by atoms with Crippen LogP contribution in [-0.2, 0) is 11.2 Å². The predicted molar refractivity (Wildman–Crippen MR) is 142 cm³/mol. The van der Waals surface area contributed by atoms with E-state index in [2.05, 4.69) is 43.1 Å². The number of amides is 1. The van der Waals surface area contributed by atoms with Crippen molar-refractivity contribution < 1.29 is 9.53 Å². The van der Waals surface area contributed by atoms with Crippen LogP contribution in [0, 0.1) is 13.8 Å². The summed E-state index contributed by atoms with van der Waals surface area (Å²) in [5.74, 6) is 1.03. The van der Waals surface area contributed by atoms with Crippen molar-refractivity contribution in [2.24, 2.45) is 0 Å². The molecule has 0 aliphatic carbocycles. The lowest BCUT2D eigenvalue weighted by molar-refractivity contribution is -0.117. The number of methoxy groups -OCH3 is 1. The number of anilines is 1. The third kappa shape index (κ3) is 11.9. The van der Waals surface area contributed by atoms with Crippen LogP contribution in [0.2, 0.25) is 0 Å². The van der Waals surface area contributed by atoms with Crippen LogP contribution < -0.4 is 10.1 Å². The standard InChI is InChI=1S/C16H26N2O.C13H20O/c1-5-10-18(11-6-2)12-15(19)17-16-13(3)8-7-9-14(16)4;1-3-4-5-6-7-12-8-10-13(14-2)11-9-12/h7-9H,5-6,10-12H2,1-4H3,(H,17,19);8-11H,3-7H2,1-2H3. The van der Waals surface area contributed by atoms with Crippen molar-refractivity contribution in [2.45, 2.75) is 79.6 Å². The number of aryl methyl sites for hydroxylation is 3. The Bertz CT molecular complexity index is 760. The minimum atomic E-state index is 0.0827. The van der Waals surface area contributed by atoms with E-state index in [1.165, 1.54) is 37.7 Å². The van der Waals surface area contributed by atoms with Crippen LogP contribution in [0.5, 0.6) is 5.75 Å². The van der Waals surface area contributed by atoms with Crippen molar-refractivity contribution >= 4 is 11.6 Å². The summed E-state index contributed by atoms with van der Waals surface area (Å²) in [4.78, 5) is 14.3. The molecule has 0 radical (unpaired) electrons. The molecule has 4 nitrogen and oxygen atoms in total. The van der Waals surface area contributed by atoms with Crippen LogP contribution in [0.15, 0.2) is 42.5 Å². The molecule has 0 heterocycles. The van der Waals surface area contributed by atoms with Gasteiger partial charge in [0.1, 0.15) is 5.75 Å². The number of carbonyl (C=O) groups is 1. The van der Waals surface area contributed by atoms with Crippen LogP contribution in [0.1, 0.15) is 76.0 Å². The average Bonchev–Trinajstić information content (AvgIpc) is 2.80. The molecule has 0 saturated carbocycles. The van der Waals surface area contributed by atoms with Gasteiger partial charge in [-0.05, 0) is 81.4 Å². The third-order valence-electron chi connectivity index (χ3n) is 5.67. The third-order valence-corrected chi connectivity index (χ3v) is 5.67. The van der Waals surface area contributed by atoms with E-state index in [0.717, 1.165) is 48.5 Å². The van der Waals surface area contributed by atoms with Gasteiger partial charge >= 0.3 is 0 Å². The number of nitrogens with one attached hydrogen (secondary N) is 1. The molecule has 2 aromatic rings. The number of unbranched alkanes of at least 4 members (excludes halogenated alkanes) is 3. The molecule has 1 N–H and O–H groups in total. The molecule has 0 bridgehead atoms. The Morgan fingerprint density at radius 3 is 1.97 bits per heavy atom. The fourth-order valence-corrected chi connectivity index (χ4v) is 3.84. The Morgan fingerprint density at radius 1 is 0.848 bits per heavy atom. The van der Waals surface area contributed by atoms with E-state index in [-0.39, 0.29) is 5.91 Å². The van der Waals surface area contributed by atoms with Crippen LogP contribution in [0.25, 0.3) is 0 Å². The molecule has 33 heavy (non-hydrogen) atoms. The van der Waals surface area contributed by atoms with Gasteiger partial charge in [-0.3, -0.25) is 9.69 Å². The number of nitrogens with zero attached hydrogens (tertiary/aromatic N) is 1. The fourth-order valence-electron chi connectivity index (χ4n) is 3.84. The molecule has 184 valence electrons. The normalized spacial score (nSPS) is 10.5. The smallest absolute Gasteiger partial charge is 0.238 e. The highest BCUT2D eigenvalue weighted by Gasteiger charge is 2.11. The summed E-state index contributed by atoms with van der Waals surface area (Å²) in [5.41, 5.74) is 4.61. The number of hydrogen-bond donors (Lipinski definition) is 1. The molecule has 2 aromatic carbocycles. The van der Waals surface area contributed by atoms with Crippen molar-refractivity contribution in [3.8, 4) is 5.75 Å². The molecule has 1 amide bonds. The van der Waals surface area contributed by atoms with Gasteiger partial charge in [0.05, 0.1) is 13.7 Å². The van der Waals surface area contributed by atoms with Gasteiger partial charge in [-0.25, -0.2) is 0 Å². The summed E-state index contributed by atoms with van der Waals surface area (Å²) in [5, 5.41) is 3.05. The minimum Gasteiger partial charge on any atom is -0.497 e. The molecule has 2 rings (SSSR count). The van der Waals surface area contributed by atoms with Gasteiger partial charge in [-0.1, -0.05) is 70.4 Å². The van der Waals surface area contributed by atoms with Crippen molar-refractivity contribution in [2.75, 3.05) is 32.1 Å². The van der Waals surface area contributed by atoms with E-state index in [1.54, 1.807) is 7.11 Å². The zero-order valence-corrected chi connectivity index (χ0v) is 21.9. The quantitative estimate of drug-likeness (QED) is 0.326. The molecule has 0 saturated heterocycles. The first-order chi connectivity index (χ1) is 15.9. The summed E-state index contributed by atoms with van der Waals surface area (Å²) in [7, 11) is 1.70. The van der Waals surface area contributed by atoms with Crippen molar-refractivity contribution in [3.05, 3.63) is 59.2 Å². The summed E-state index contributed by atoms with van der Waals surface area (Å²) >= 11 is 0. The van der Waals surface area contributed by atoms with Crippen molar-refractivity contribution in [1.82, 2.24) is 4.90 Å². The average molecular weight is 455 g/mol. The number of benzene rings is 2. The Balaban J connectivity index is 0.000000346. The Labute approximate surface area is 202 Å². The molecule has 0 unspecified atom stereocenters. The van der Waals surface area contributed by atoms with E-state index in [4.69, 9.17) is 4.74 Å². The Kier molecular flexibility index (Phi) is 14.9. The highest BCUT2D eigenvalue weighted by Crippen LogP contribution is 2.19. The molecule has 0 aromatic heterocycles. The van der Waals surface area contributed by atoms with E-state index < -0.39 is 0 Å². The second-order valence-corrected chi connectivity index (χ2v) is 8.75. The van der Waals surface area contributed by atoms with Crippen LogP contribution in [-0.4, -0.2) is 37.6 Å². The first-order valence-corrected chi connectivity index (χ1v) is 12.7. The van der Waals surface area contributed by atoms with E-state index in [9.17, 15) is 4.79 Å². The van der Waals surface area contributed by atoms with Gasteiger partial charge in [0, 0.05) is 5.69 Å². The van der Waals surface area contributed by atoms with E-state index in [0.29, 0.717) is 6.54 Å². The lowest BCUT2D eigenvalue weighted by Gasteiger charge is -2.21. The van der Waals surface area contributed by atoms with Crippen LogP contribution >= 0.6 is 0 Å². The van der Waals surface area contributed by atoms with Gasteiger partial charge in [-0.2, -0.15) is 0 Å². The molecule has 0 fully saturated rings. The van der Waals surface area contributed by atoms with E-state index in [1.807, 2.05) is 44.2 Å². The largest absolute Gasteiger partial charge is 0.497 e.